The number of rotatable bonds is 6. The summed E-state index contributed by atoms with van der Waals surface area (Å²) in [6, 6.07) is 1.98. The van der Waals surface area contributed by atoms with Gasteiger partial charge in [-0.15, -0.1) is 0 Å². The lowest BCUT2D eigenvalue weighted by atomic mass is 10.6. The number of hydrogen-bond donors (Lipinski definition) is 0. The van der Waals surface area contributed by atoms with Gasteiger partial charge in [-0.2, -0.15) is 5.26 Å². The van der Waals surface area contributed by atoms with E-state index < -0.39 is 7.60 Å². The fourth-order valence-electron chi connectivity index (χ4n) is 0.797. The van der Waals surface area contributed by atoms with Crippen molar-refractivity contribution in [2.45, 2.75) is 6.92 Å². The molecule has 0 unspecified atom stereocenters. The van der Waals surface area contributed by atoms with Gasteiger partial charge in [0, 0.05) is 14.2 Å². The molecular formula is C7H15N2O3P. The monoisotopic (exact) mass is 206 g/mol. The van der Waals surface area contributed by atoms with Crippen LogP contribution in [0.2, 0.25) is 0 Å². The molecule has 0 atom stereocenters. The quantitative estimate of drug-likeness (QED) is 0.483. The smallest absolute Gasteiger partial charge is 0.311 e. The maximum Gasteiger partial charge on any atom is 0.344 e. The molecule has 0 heterocycles. The Balaban J connectivity index is 4.21. The second kappa shape index (κ2) is 6.11. The van der Waals surface area contributed by atoms with E-state index in [2.05, 4.69) is 0 Å². The van der Waals surface area contributed by atoms with Gasteiger partial charge in [0.25, 0.3) is 0 Å². The minimum Gasteiger partial charge on any atom is -0.311 e. The molecule has 5 nitrogen and oxygen atoms in total. The number of nitrogens with zero attached hydrogens (tertiary/aromatic N) is 2. The van der Waals surface area contributed by atoms with Gasteiger partial charge in [-0.3, -0.25) is 9.46 Å². The Morgan fingerprint density at radius 3 is 2.31 bits per heavy atom. The highest BCUT2D eigenvalue weighted by Crippen LogP contribution is 2.46. The average Bonchev–Trinajstić information content (AvgIpc) is 2.17. The third-order valence-corrected chi connectivity index (χ3v) is 3.53. The molecule has 0 saturated carbocycles. The van der Waals surface area contributed by atoms with Gasteiger partial charge in [0.05, 0.1) is 12.6 Å². The summed E-state index contributed by atoms with van der Waals surface area (Å²) in [6.45, 7) is 2.75. The van der Waals surface area contributed by atoms with Crippen molar-refractivity contribution in [3.8, 4) is 6.07 Å². The highest BCUT2D eigenvalue weighted by atomic mass is 31.2. The number of nitriles is 1. The van der Waals surface area contributed by atoms with Crippen LogP contribution in [-0.4, -0.2) is 38.5 Å². The molecule has 0 aliphatic heterocycles. The first-order valence-electron chi connectivity index (χ1n) is 3.91. The molecule has 0 aliphatic carbocycles. The van der Waals surface area contributed by atoms with E-state index in [1.165, 1.54) is 14.2 Å². The molecule has 0 N–H and O–H groups in total. The Labute approximate surface area is 78.8 Å². The fraction of sp³-hybridized carbons (Fsp3) is 0.857. The third-order valence-electron chi connectivity index (χ3n) is 1.67. The van der Waals surface area contributed by atoms with E-state index in [0.29, 0.717) is 6.54 Å². The zero-order valence-electron chi connectivity index (χ0n) is 8.19. The second-order valence-electron chi connectivity index (χ2n) is 2.42. The summed E-state index contributed by atoms with van der Waals surface area (Å²) in [5.74, 6) is 0. The lowest BCUT2D eigenvalue weighted by Gasteiger charge is -2.21. The lowest BCUT2D eigenvalue weighted by Crippen LogP contribution is -2.25. The summed E-state index contributed by atoms with van der Waals surface area (Å²) >= 11 is 0. The normalized spacial score (nSPS) is 11.6. The molecule has 0 amide bonds. The van der Waals surface area contributed by atoms with Crippen LogP contribution < -0.4 is 0 Å². The molecule has 6 heteroatoms. The second-order valence-corrected chi connectivity index (χ2v) is 4.66. The van der Waals surface area contributed by atoms with Crippen LogP contribution in [0.3, 0.4) is 0 Å². The molecule has 0 radical (unpaired) electrons. The van der Waals surface area contributed by atoms with Gasteiger partial charge in [0.15, 0.2) is 0 Å². The number of hydrogen-bond acceptors (Lipinski definition) is 5. The molecule has 0 fully saturated rings. The van der Waals surface area contributed by atoms with Gasteiger partial charge in [-0.25, -0.2) is 0 Å². The predicted molar refractivity (Wildman–Crippen MR) is 49.4 cm³/mol. The standard InChI is InChI=1S/C7H15N2O3P/c1-4-9(6-5-8)7-13(10,11-2)12-3/h4,6-7H2,1-3H3. The Bertz CT molecular complexity index is 218. The summed E-state index contributed by atoms with van der Waals surface area (Å²) in [5.41, 5.74) is 0. The van der Waals surface area contributed by atoms with Crippen molar-refractivity contribution in [3.63, 3.8) is 0 Å². The molecule has 13 heavy (non-hydrogen) atoms. The molecule has 0 rings (SSSR count). The minimum absolute atomic E-state index is 0.157. The first-order valence-corrected chi connectivity index (χ1v) is 5.64. The van der Waals surface area contributed by atoms with Gasteiger partial charge in [-0.05, 0) is 6.54 Å². The Morgan fingerprint density at radius 2 is 2.00 bits per heavy atom. The van der Waals surface area contributed by atoms with Crippen molar-refractivity contribution in [1.29, 1.82) is 5.26 Å². The van der Waals surface area contributed by atoms with Crippen molar-refractivity contribution in [1.82, 2.24) is 4.90 Å². The molecule has 76 valence electrons. The van der Waals surface area contributed by atoms with Crippen LogP contribution in [-0.2, 0) is 13.6 Å². The van der Waals surface area contributed by atoms with E-state index in [1.54, 1.807) is 4.90 Å². The molecule has 0 aromatic heterocycles. The van der Waals surface area contributed by atoms with Crippen molar-refractivity contribution >= 4 is 7.60 Å². The topological polar surface area (TPSA) is 62.6 Å². The maximum absolute atomic E-state index is 11.6. The van der Waals surface area contributed by atoms with Gasteiger partial charge >= 0.3 is 7.60 Å². The van der Waals surface area contributed by atoms with E-state index in [1.807, 2.05) is 13.0 Å². The van der Waals surface area contributed by atoms with Crippen LogP contribution in [0.15, 0.2) is 0 Å². The molecule has 0 aromatic rings. The van der Waals surface area contributed by atoms with E-state index in [0.717, 1.165) is 0 Å². The van der Waals surface area contributed by atoms with Crippen LogP contribution in [0, 0.1) is 11.3 Å². The lowest BCUT2D eigenvalue weighted by molar-refractivity contribution is 0.246. The molecule has 0 saturated heterocycles. The van der Waals surface area contributed by atoms with Gasteiger partial charge in [-0.1, -0.05) is 6.92 Å². The van der Waals surface area contributed by atoms with Crippen molar-refractivity contribution in [2.75, 3.05) is 33.6 Å². The highest BCUT2D eigenvalue weighted by Gasteiger charge is 2.23. The van der Waals surface area contributed by atoms with Gasteiger partial charge in [0.1, 0.15) is 6.29 Å². The van der Waals surface area contributed by atoms with E-state index >= 15 is 0 Å². The Morgan fingerprint density at radius 1 is 1.46 bits per heavy atom. The largest absolute Gasteiger partial charge is 0.344 e. The van der Waals surface area contributed by atoms with Crippen molar-refractivity contribution < 1.29 is 13.6 Å². The zero-order chi connectivity index (χ0) is 10.3. The highest BCUT2D eigenvalue weighted by molar-refractivity contribution is 7.53. The van der Waals surface area contributed by atoms with Crippen LogP contribution in [0.25, 0.3) is 0 Å². The molecular weight excluding hydrogens is 191 g/mol. The van der Waals surface area contributed by atoms with Gasteiger partial charge in [0.2, 0.25) is 0 Å². The van der Waals surface area contributed by atoms with Crippen LogP contribution in [0.1, 0.15) is 6.92 Å². The van der Waals surface area contributed by atoms with E-state index in [-0.39, 0.29) is 12.8 Å². The summed E-state index contributed by atoms with van der Waals surface area (Å²) in [6.07, 6.45) is 0.157. The van der Waals surface area contributed by atoms with Crippen molar-refractivity contribution in [2.24, 2.45) is 0 Å². The SMILES string of the molecule is CCN(CC#N)CP(=O)(OC)OC. The maximum atomic E-state index is 11.6. The summed E-state index contributed by atoms with van der Waals surface area (Å²) < 4.78 is 21.1. The molecule has 0 spiro atoms. The molecule has 0 aromatic carbocycles. The Kier molecular flexibility index (Phi) is 5.93. The molecule has 0 aliphatic rings. The van der Waals surface area contributed by atoms with E-state index in [4.69, 9.17) is 14.3 Å². The minimum atomic E-state index is -3.01. The molecule has 0 bridgehead atoms. The van der Waals surface area contributed by atoms with Crippen LogP contribution in [0.4, 0.5) is 0 Å². The average molecular weight is 206 g/mol. The van der Waals surface area contributed by atoms with E-state index in [9.17, 15) is 4.57 Å². The summed E-state index contributed by atoms with van der Waals surface area (Å²) in [4.78, 5) is 1.70. The first kappa shape index (κ1) is 12.6. The third kappa shape index (κ3) is 4.39. The fourth-order valence-corrected chi connectivity index (χ4v) is 1.97. The first-order chi connectivity index (χ1) is 6.11. The Hall–Kier alpha value is -0.400. The van der Waals surface area contributed by atoms with Crippen LogP contribution in [0.5, 0.6) is 0 Å². The summed E-state index contributed by atoms with van der Waals surface area (Å²) in [7, 11) is -0.333. The summed E-state index contributed by atoms with van der Waals surface area (Å²) in [5, 5.41) is 8.45. The zero-order valence-corrected chi connectivity index (χ0v) is 9.08. The predicted octanol–water partition coefficient (Wildman–Crippen LogP) is 1.28. The van der Waals surface area contributed by atoms with Crippen LogP contribution >= 0.6 is 7.60 Å². The van der Waals surface area contributed by atoms with Crippen molar-refractivity contribution in [3.05, 3.63) is 0 Å². The van der Waals surface area contributed by atoms with Gasteiger partial charge < -0.3 is 9.05 Å².